The SMILES string of the molecule is COC(=O)C1=C(C(=O)Nc2ccc(C)cc2)Cc2ccccc21. The summed E-state index contributed by atoms with van der Waals surface area (Å²) in [5, 5.41) is 2.85. The van der Waals surface area contributed by atoms with Gasteiger partial charge in [-0.1, -0.05) is 42.0 Å². The van der Waals surface area contributed by atoms with Crippen LogP contribution in [-0.4, -0.2) is 19.0 Å². The molecule has 2 aromatic rings. The summed E-state index contributed by atoms with van der Waals surface area (Å²) in [4.78, 5) is 24.8. The average Bonchev–Trinajstić information content (AvgIpc) is 2.96. The number of methoxy groups -OCH3 is 1. The summed E-state index contributed by atoms with van der Waals surface area (Å²) < 4.78 is 4.86. The van der Waals surface area contributed by atoms with Crippen LogP contribution in [0.15, 0.2) is 54.1 Å². The minimum atomic E-state index is -0.482. The van der Waals surface area contributed by atoms with Crippen LogP contribution >= 0.6 is 0 Å². The molecule has 0 bridgehead atoms. The summed E-state index contributed by atoms with van der Waals surface area (Å²) in [6, 6.07) is 15.0. The molecule has 0 radical (unpaired) electrons. The number of carbonyl (C=O) groups is 2. The van der Waals surface area contributed by atoms with Crippen molar-refractivity contribution in [2.75, 3.05) is 12.4 Å². The monoisotopic (exact) mass is 307 g/mol. The van der Waals surface area contributed by atoms with Gasteiger partial charge in [0.15, 0.2) is 0 Å². The van der Waals surface area contributed by atoms with Crippen molar-refractivity contribution >= 4 is 23.1 Å². The number of nitrogens with one attached hydrogen (secondary N) is 1. The normalized spacial score (nSPS) is 12.8. The number of esters is 1. The minimum Gasteiger partial charge on any atom is -0.465 e. The number of hydrogen-bond donors (Lipinski definition) is 1. The molecule has 0 aliphatic heterocycles. The van der Waals surface area contributed by atoms with Crippen molar-refractivity contribution in [1.29, 1.82) is 0 Å². The number of hydrogen-bond acceptors (Lipinski definition) is 3. The van der Waals surface area contributed by atoms with E-state index in [1.165, 1.54) is 7.11 Å². The van der Waals surface area contributed by atoms with Crippen LogP contribution in [0.1, 0.15) is 16.7 Å². The Hall–Kier alpha value is -2.88. The first-order valence-electron chi connectivity index (χ1n) is 7.38. The van der Waals surface area contributed by atoms with Crippen molar-refractivity contribution in [1.82, 2.24) is 0 Å². The summed E-state index contributed by atoms with van der Waals surface area (Å²) in [5.74, 6) is -0.755. The maximum atomic E-state index is 12.6. The maximum Gasteiger partial charge on any atom is 0.338 e. The Morgan fingerprint density at radius 1 is 1.04 bits per heavy atom. The number of benzene rings is 2. The van der Waals surface area contributed by atoms with Gasteiger partial charge in [-0.2, -0.15) is 0 Å². The van der Waals surface area contributed by atoms with Crippen molar-refractivity contribution in [3.05, 3.63) is 70.8 Å². The molecule has 0 fully saturated rings. The number of amides is 1. The van der Waals surface area contributed by atoms with Crippen molar-refractivity contribution in [2.24, 2.45) is 0 Å². The standard InChI is InChI=1S/C19H17NO3/c1-12-7-9-14(10-8-12)20-18(21)16-11-13-5-3-4-6-15(13)17(16)19(22)23-2/h3-10H,11H2,1-2H3,(H,20,21). The van der Waals surface area contributed by atoms with Crippen LogP contribution < -0.4 is 5.32 Å². The van der Waals surface area contributed by atoms with Gasteiger partial charge in [-0.15, -0.1) is 0 Å². The van der Waals surface area contributed by atoms with E-state index in [9.17, 15) is 9.59 Å². The first-order valence-corrected chi connectivity index (χ1v) is 7.38. The van der Waals surface area contributed by atoms with Gasteiger partial charge in [0.25, 0.3) is 5.91 Å². The largest absolute Gasteiger partial charge is 0.465 e. The average molecular weight is 307 g/mol. The third kappa shape index (κ3) is 2.88. The van der Waals surface area contributed by atoms with Gasteiger partial charge in [0, 0.05) is 17.7 Å². The number of anilines is 1. The van der Waals surface area contributed by atoms with Gasteiger partial charge >= 0.3 is 5.97 Å². The Balaban J connectivity index is 1.94. The van der Waals surface area contributed by atoms with Gasteiger partial charge in [-0.25, -0.2) is 4.79 Å². The van der Waals surface area contributed by atoms with Crippen LogP contribution in [0.3, 0.4) is 0 Å². The van der Waals surface area contributed by atoms with E-state index in [1.54, 1.807) is 0 Å². The smallest absolute Gasteiger partial charge is 0.338 e. The first-order chi connectivity index (χ1) is 11.1. The Morgan fingerprint density at radius 2 is 1.74 bits per heavy atom. The zero-order valence-corrected chi connectivity index (χ0v) is 13.1. The van der Waals surface area contributed by atoms with Crippen LogP contribution in [0.25, 0.3) is 5.57 Å². The number of ether oxygens (including phenoxy) is 1. The van der Waals surface area contributed by atoms with Crippen LogP contribution in [0.4, 0.5) is 5.69 Å². The van der Waals surface area contributed by atoms with Crippen molar-refractivity contribution in [2.45, 2.75) is 13.3 Å². The zero-order valence-electron chi connectivity index (χ0n) is 13.1. The van der Waals surface area contributed by atoms with E-state index in [4.69, 9.17) is 4.74 Å². The van der Waals surface area contributed by atoms with Crippen LogP contribution in [0.2, 0.25) is 0 Å². The van der Waals surface area contributed by atoms with Crippen molar-refractivity contribution < 1.29 is 14.3 Å². The minimum absolute atomic E-state index is 0.273. The molecule has 0 saturated heterocycles. The summed E-state index contributed by atoms with van der Waals surface area (Å²) >= 11 is 0. The highest BCUT2D eigenvalue weighted by Crippen LogP contribution is 2.34. The van der Waals surface area contributed by atoms with Gasteiger partial charge in [-0.05, 0) is 30.2 Å². The molecule has 116 valence electrons. The second kappa shape index (κ2) is 6.08. The Morgan fingerprint density at radius 3 is 2.43 bits per heavy atom. The summed E-state index contributed by atoms with van der Waals surface area (Å²) in [6.45, 7) is 1.98. The van der Waals surface area contributed by atoms with E-state index in [1.807, 2.05) is 55.5 Å². The molecule has 0 spiro atoms. The lowest BCUT2D eigenvalue weighted by Gasteiger charge is -2.08. The fourth-order valence-corrected chi connectivity index (χ4v) is 2.73. The van der Waals surface area contributed by atoms with Crippen LogP contribution in [-0.2, 0) is 20.7 Å². The van der Waals surface area contributed by atoms with E-state index in [-0.39, 0.29) is 5.91 Å². The summed E-state index contributed by atoms with van der Waals surface area (Å²) in [7, 11) is 1.33. The second-order valence-corrected chi connectivity index (χ2v) is 5.50. The molecule has 4 heteroatoms. The van der Waals surface area contributed by atoms with Gasteiger partial charge in [0.2, 0.25) is 0 Å². The highest BCUT2D eigenvalue weighted by molar-refractivity contribution is 6.27. The van der Waals surface area contributed by atoms with Crippen LogP contribution in [0, 0.1) is 6.92 Å². The first kappa shape index (κ1) is 15.0. The van der Waals surface area contributed by atoms with E-state index >= 15 is 0 Å². The fraction of sp³-hybridized carbons (Fsp3) is 0.158. The quantitative estimate of drug-likeness (QED) is 0.886. The lowest BCUT2D eigenvalue weighted by molar-refractivity contribution is -0.133. The highest BCUT2D eigenvalue weighted by Gasteiger charge is 2.30. The molecule has 1 amide bonds. The summed E-state index contributed by atoms with van der Waals surface area (Å²) in [6.07, 6.45) is 0.429. The molecule has 0 saturated carbocycles. The lowest BCUT2D eigenvalue weighted by Crippen LogP contribution is -2.17. The maximum absolute atomic E-state index is 12.6. The second-order valence-electron chi connectivity index (χ2n) is 5.50. The molecular formula is C19H17NO3. The molecule has 3 rings (SSSR count). The Kier molecular flexibility index (Phi) is 3.98. The third-order valence-electron chi connectivity index (χ3n) is 3.93. The zero-order chi connectivity index (χ0) is 16.4. The van der Waals surface area contributed by atoms with Gasteiger partial charge < -0.3 is 10.1 Å². The Bertz CT molecular complexity index is 804. The molecule has 1 N–H and O–H groups in total. The molecule has 0 heterocycles. The number of aryl methyl sites for hydroxylation is 1. The molecule has 1 aliphatic rings. The molecule has 0 unspecified atom stereocenters. The predicted octanol–water partition coefficient (Wildman–Crippen LogP) is 3.12. The molecule has 0 atom stereocenters. The lowest BCUT2D eigenvalue weighted by atomic mass is 10.1. The van der Waals surface area contributed by atoms with E-state index in [2.05, 4.69) is 5.32 Å². The van der Waals surface area contributed by atoms with E-state index in [0.29, 0.717) is 23.3 Å². The number of rotatable bonds is 3. The molecule has 0 aromatic heterocycles. The van der Waals surface area contributed by atoms with E-state index in [0.717, 1.165) is 16.7 Å². The van der Waals surface area contributed by atoms with Crippen LogP contribution in [0.5, 0.6) is 0 Å². The predicted molar refractivity (Wildman–Crippen MR) is 88.9 cm³/mol. The molecule has 1 aliphatic carbocycles. The van der Waals surface area contributed by atoms with Gasteiger partial charge in [0.05, 0.1) is 12.7 Å². The van der Waals surface area contributed by atoms with Gasteiger partial charge in [0.1, 0.15) is 0 Å². The molecular weight excluding hydrogens is 290 g/mol. The molecule has 4 nitrogen and oxygen atoms in total. The molecule has 2 aromatic carbocycles. The number of fused-ring (bicyclic) bond motifs is 1. The van der Waals surface area contributed by atoms with Gasteiger partial charge in [-0.3, -0.25) is 4.79 Å². The Labute approximate surface area is 134 Å². The molecule has 23 heavy (non-hydrogen) atoms. The fourth-order valence-electron chi connectivity index (χ4n) is 2.73. The van der Waals surface area contributed by atoms with Crippen molar-refractivity contribution in [3.63, 3.8) is 0 Å². The highest BCUT2D eigenvalue weighted by atomic mass is 16.5. The number of carbonyl (C=O) groups excluding carboxylic acids is 2. The summed E-state index contributed by atoms with van der Waals surface area (Å²) in [5.41, 5.74) is 4.35. The third-order valence-corrected chi connectivity index (χ3v) is 3.93. The van der Waals surface area contributed by atoms with E-state index < -0.39 is 5.97 Å². The topological polar surface area (TPSA) is 55.4 Å². The van der Waals surface area contributed by atoms with Crippen molar-refractivity contribution in [3.8, 4) is 0 Å².